The summed E-state index contributed by atoms with van der Waals surface area (Å²) in [5.74, 6) is 1.27. The largest absolute Gasteiger partial charge is 0.438 e. The van der Waals surface area contributed by atoms with E-state index >= 15 is 0 Å². The van der Waals surface area contributed by atoms with Gasteiger partial charge in [0.05, 0.1) is 29.7 Å². The molecule has 7 heteroatoms. The Kier molecular flexibility index (Phi) is 7.75. The van der Waals surface area contributed by atoms with Gasteiger partial charge in [-0.25, -0.2) is 9.07 Å². The van der Waals surface area contributed by atoms with Crippen molar-refractivity contribution >= 4 is 0 Å². The van der Waals surface area contributed by atoms with Gasteiger partial charge in [-0.05, 0) is 56.9 Å². The highest BCUT2D eigenvalue weighted by atomic mass is 19.1. The summed E-state index contributed by atoms with van der Waals surface area (Å²) in [5, 5.41) is 15.2. The van der Waals surface area contributed by atoms with Crippen LogP contribution in [0.5, 0.6) is 11.6 Å². The number of aromatic nitrogens is 2. The number of nitrogens with zero attached hydrogens (tertiary/aromatic N) is 3. The van der Waals surface area contributed by atoms with E-state index in [9.17, 15) is 9.50 Å². The van der Waals surface area contributed by atoms with E-state index in [0.717, 1.165) is 23.5 Å². The summed E-state index contributed by atoms with van der Waals surface area (Å²) < 4.78 is 27.3. The quantitative estimate of drug-likeness (QED) is 0.430. The number of hydrogen-bond acceptors (Lipinski definition) is 5. The first-order valence-corrected chi connectivity index (χ1v) is 11.6. The maximum atomic E-state index is 13.9. The zero-order valence-electron chi connectivity index (χ0n) is 19.3. The van der Waals surface area contributed by atoms with Crippen LogP contribution in [0.15, 0.2) is 54.6 Å². The van der Waals surface area contributed by atoms with Gasteiger partial charge in [0.1, 0.15) is 11.6 Å². The Labute approximate surface area is 194 Å². The lowest BCUT2D eigenvalue weighted by Gasteiger charge is -2.25. The summed E-state index contributed by atoms with van der Waals surface area (Å²) in [6.45, 7) is 6.75. The Morgan fingerprint density at radius 1 is 1.18 bits per heavy atom. The molecule has 0 unspecified atom stereocenters. The third kappa shape index (κ3) is 6.41. The van der Waals surface area contributed by atoms with Crippen LogP contribution < -0.4 is 4.74 Å². The molecule has 1 aromatic heterocycles. The van der Waals surface area contributed by atoms with E-state index in [1.807, 2.05) is 44.2 Å². The monoisotopic (exact) mass is 453 g/mol. The van der Waals surface area contributed by atoms with Gasteiger partial charge in [-0.2, -0.15) is 5.10 Å². The molecule has 1 aliphatic rings. The average Bonchev–Trinajstić information content (AvgIpc) is 3.57. The van der Waals surface area contributed by atoms with Crippen molar-refractivity contribution in [3.8, 4) is 17.3 Å². The number of para-hydroxylation sites is 1. The molecule has 1 heterocycles. The lowest BCUT2D eigenvalue weighted by Crippen LogP contribution is -2.36. The van der Waals surface area contributed by atoms with Crippen molar-refractivity contribution in [2.24, 2.45) is 5.92 Å². The van der Waals surface area contributed by atoms with E-state index in [-0.39, 0.29) is 5.82 Å². The molecule has 1 aliphatic carbocycles. The van der Waals surface area contributed by atoms with Crippen LogP contribution >= 0.6 is 0 Å². The van der Waals surface area contributed by atoms with Gasteiger partial charge in [0, 0.05) is 32.3 Å². The van der Waals surface area contributed by atoms with E-state index in [2.05, 4.69) is 4.90 Å². The summed E-state index contributed by atoms with van der Waals surface area (Å²) in [4.78, 5) is 2.25. The van der Waals surface area contributed by atoms with Crippen LogP contribution in [0, 0.1) is 18.7 Å². The number of aliphatic hydroxyl groups excluding tert-OH is 1. The highest BCUT2D eigenvalue weighted by molar-refractivity contribution is 5.43. The van der Waals surface area contributed by atoms with Gasteiger partial charge in [-0.3, -0.25) is 4.90 Å². The maximum Gasteiger partial charge on any atom is 0.227 e. The molecule has 1 N–H and O–H groups in total. The maximum absolute atomic E-state index is 13.9. The van der Waals surface area contributed by atoms with E-state index in [1.165, 1.54) is 25.0 Å². The first-order valence-electron chi connectivity index (χ1n) is 11.6. The van der Waals surface area contributed by atoms with Crippen molar-refractivity contribution in [1.29, 1.82) is 0 Å². The topological polar surface area (TPSA) is 59.8 Å². The Hall–Kier alpha value is -2.74. The molecule has 1 fully saturated rings. The number of halogens is 1. The van der Waals surface area contributed by atoms with Gasteiger partial charge in [-0.15, -0.1) is 0 Å². The molecule has 0 amide bonds. The number of rotatable bonds is 12. The summed E-state index contributed by atoms with van der Waals surface area (Å²) in [5.41, 5.74) is 2.63. The zero-order valence-corrected chi connectivity index (χ0v) is 19.3. The molecule has 0 aliphatic heterocycles. The van der Waals surface area contributed by atoms with Crippen LogP contribution in [0.3, 0.4) is 0 Å². The van der Waals surface area contributed by atoms with Gasteiger partial charge < -0.3 is 14.6 Å². The van der Waals surface area contributed by atoms with Gasteiger partial charge in [-0.1, -0.05) is 24.3 Å². The van der Waals surface area contributed by atoms with Crippen molar-refractivity contribution < 1.29 is 19.0 Å². The summed E-state index contributed by atoms with van der Waals surface area (Å²) in [6.07, 6.45) is 1.86. The fraction of sp³-hybridized carbons (Fsp3) is 0.423. The predicted octanol–water partition coefficient (Wildman–Crippen LogP) is 4.72. The molecule has 0 bridgehead atoms. The van der Waals surface area contributed by atoms with Crippen LogP contribution in [0.25, 0.3) is 5.69 Å². The van der Waals surface area contributed by atoms with Crippen LogP contribution in [0.2, 0.25) is 0 Å². The molecule has 3 aromatic rings. The first-order chi connectivity index (χ1) is 16.0. The normalized spacial score (nSPS) is 14.6. The summed E-state index contributed by atoms with van der Waals surface area (Å²) in [7, 11) is 0. The second-order valence-electron chi connectivity index (χ2n) is 8.63. The zero-order chi connectivity index (χ0) is 23.2. The molecular formula is C26H32FN3O3. The lowest BCUT2D eigenvalue weighted by molar-refractivity contribution is 0.0186. The molecule has 1 atom stereocenters. The minimum absolute atomic E-state index is 0.312. The van der Waals surface area contributed by atoms with Gasteiger partial charge in [0.25, 0.3) is 0 Å². The van der Waals surface area contributed by atoms with Crippen LogP contribution in [0.4, 0.5) is 4.39 Å². The second kappa shape index (κ2) is 10.9. The Morgan fingerprint density at radius 2 is 1.97 bits per heavy atom. The van der Waals surface area contributed by atoms with Crippen LogP contribution in [-0.2, 0) is 11.3 Å². The minimum Gasteiger partial charge on any atom is -0.438 e. The molecule has 0 spiro atoms. The van der Waals surface area contributed by atoms with Crippen molar-refractivity contribution in [3.05, 3.63) is 71.7 Å². The smallest absolute Gasteiger partial charge is 0.227 e. The highest BCUT2D eigenvalue weighted by Crippen LogP contribution is 2.34. The number of aliphatic hydroxyl groups is 1. The number of ether oxygens (including phenoxy) is 2. The van der Waals surface area contributed by atoms with E-state index < -0.39 is 6.10 Å². The van der Waals surface area contributed by atoms with Crippen molar-refractivity contribution in [2.75, 3.05) is 26.3 Å². The SMILES string of the molecule is CCOC[C@H](O)CN(Cc1c(C)nn(-c2ccccc2)c1Oc1cccc(F)c1)CC1CC1. The fourth-order valence-electron chi connectivity index (χ4n) is 3.91. The molecule has 2 aromatic carbocycles. The molecule has 4 rings (SSSR count). The second-order valence-corrected chi connectivity index (χ2v) is 8.63. The van der Waals surface area contributed by atoms with Gasteiger partial charge in [0.15, 0.2) is 0 Å². The summed E-state index contributed by atoms with van der Waals surface area (Å²) in [6, 6.07) is 15.9. The molecule has 0 radical (unpaired) electrons. The third-order valence-electron chi connectivity index (χ3n) is 5.73. The molecule has 1 saturated carbocycles. The minimum atomic E-state index is -0.569. The number of aryl methyl sites for hydroxylation is 1. The Balaban J connectivity index is 1.65. The van der Waals surface area contributed by atoms with E-state index in [1.54, 1.807) is 16.8 Å². The van der Waals surface area contributed by atoms with Crippen LogP contribution in [0.1, 0.15) is 31.0 Å². The molecular weight excluding hydrogens is 421 g/mol. The van der Waals surface area contributed by atoms with Crippen molar-refractivity contribution in [2.45, 2.75) is 39.3 Å². The lowest BCUT2D eigenvalue weighted by atomic mass is 10.2. The van der Waals surface area contributed by atoms with E-state index in [4.69, 9.17) is 14.6 Å². The average molecular weight is 454 g/mol. The predicted molar refractivity (Wildman–Crippen MR) is 125 cm³/mol. The number of benzene rings is 2. The molecule has 176 valence electrons. The first kappa shape index (κ1) is 23.4. The van der Waals surface area contributed by atoms with Crippen LogP contribution in [-0.4, -0.2) is 52.2 Å². The Bertz CT molecular complexity index is 1040. The van der Waals surface area contributed by atoms with E-state index in [0.29, 0.717) is 43.9 Å². The highest BCUT2D eigenvalue weighted by Gasteiger charge is 2.28. The van der Waals surface area contributed by atoms with Gasteiger partial charge >= 0.3 is 0 Å². The molecule has 33 heavy (non-hydrogen) atoms. The standard InChI is InChI=1S/C26H32FN3O3/c1-3-32-18-23(31)16-29(15-20-12-13-20)17-25-19(2)28-30(22-9-5-4-6-10-22)26(25)33-24-11-7-8-21(27)14-24/h4-11,14,20,23,31H,3,12-13,15-18H2,1-2H3/t23-/m1/s1. The number of hydrogen-bond donors (Lipinski definition) is 1. The van der Waals surface area contributed by atoms with Gasteiger partial charge in [0.2, 0.25) is 5.88 Å². The summed E-state index contributed by atoms with van der Waals surface area (Å²) >= 11 is 0. The fourth-order valence-corrected chi connectivity index (χ4v) is 3.91. The molecule has 0 saturated heterocycles. The molecule has 6 nitrogen and oxygen atoms in total. The Morgan fingerprint density at radius 3 is 2.67 bits per heavy atom. The van der Waals surface area contributed by atoms with Crippen molar-refractivity contribution in [1.82, 2.24) is 14.7 Å². The van der Waals surface area contributed by atoms with Crippen molar-refractivity contribution in [3.63, 3.8) is 0 Å². The third-order valence-corrected chi connectivity index (χ3v) is 5.73.